The molecule has 31 heavy (non-hydrogen) atoms. The van der Waals surface area contributed by atoms with Crippen LogP contribution < -0.4 is 15.4 Å². The fourth-order valence-corrected chi connectivity index (χ4v) is 4.56. The van der Waals surface area contributed by atoms with Gasteiger partial charge in [-0.25, -0.2) is 18.1 Å². The molecule has 8 nitrogen and oxygen atoms in total. The first kappa shape index (κ1) is 25.9. The number of nitrogens with one attached hydrogen (secondary N) is 3. The largest absolute Gasteiger partial charge is 0.357 e. The molecule has 1 heterocycles. The average molecular weight is 563 g/mol. The number of sulfonamides is 1. The second kappa shape index (κ2) is 12.6. The van der Waals surface area contributed by atoms with Crippen LogP contribution in [0.4, 0.5) is 0 Å². The first-order valence-electron chi connectivity index (χ1n) is 10.9. The van der Waals surface area contributed by atoms with Crippen molar-refractivity contribution in [2.45, 2.75) is 46.1 Å². The Labute approximate surface area is 202 Å². The van der Waals surface area contributed by atoms with Crippen molar-refractivity contribution in [3.8, 4) is 0 Å². The molecule has 0 aliphatic heterocycles. The van der Waals surface area contributed by atoms with E-state index in [1.54, 1.807) is 0 Å². The molecule has 10 heteroatoms. The number of fused-ring (bicyclic) bond motifs is 1. The molecule has 0 spiro atoms. The standard InChI is InChI=1S/C21H34N6O2S.HI/c1-3-22-21(24-13-15-30(28,29)25-16-18-8-6-9-18)23-12-7-14-27-17(2)26-19-10-4-5-11-20(19)27;/h4-5,10-11,18,25H,3,6-9,12-16H2,1-2H3,(H2,22,23,24);1H. The molecule has 0 atom stereocenters. The van der Waals surface area contributed by atoms with Crippen LogP contribution in [0.15, 0.2) is 29.3 Å². The summed E-state index contributed by atoms with van der Waals surface area (Å²) < 4.78 is 29.2. The second-order valence-corrected chi connectivity index (χ2v) is 9.73. The maximum Gasteiger partial charge on any atom is 0.213 e. The fourth-order valence-electron chi connectivity index (χ4n) is 3.56. The van der Waals surface area contributed by atoms with Crippen molar-refractivity contribution in [3.63, 3.8) is 0 Å². The number of hydrogen-bond donors (Lipinski definition) is 3. The van der Waals surface area contributed by atoms with Crippen LogP contribution in [-0.2, 0) is 16.6 Å². The van der Waals surface area contributed by atoms with Gasteiger partial charge in [-0.05, 0) is 51.2 Å². The molecule has 0 unspecified atom stereocenters. The van der Waals surface area contributed by atoms with E-state index in [0.717, 1.165) is 49.2 Å². The zero-order valence-corrected chi connectivity index (χ0v) is 21.6. The van der Waals surface area contributed by atoms with Gasteiger partial charge in [0.15, 0.2) is 5.96 Å². The minimum absolute atomic E-state index is 0. The average Bonchev–Trinajstić information content (AvgIpc) is 2.99. The predicted molar refractivity (Wildman–Crippen MR) is 138 cm³/mol. The van der Waals surface area contributed by atoms with Crippen molar-refractivity contribution in [2.75, 3.05) is 31.9 Å². The summed E-state index contributed by atoms with van der Waals surface area (Å²) in [5, 5.41) is 6.30. The third-order valence-corrected chi connectivity index (χ3v) is 6.83. The van der Waals surface area contributed by atoms with Gasteiger partial charge in [-0.2, -0.15) is 0 Å². The number of rotatable bonds is 11. The Kier molecular flexibility index (Phi) is 10.5. The summed E-state index contributed by atoms with van der Waals surface area (Å²) in [4.78, 5) is 9.18. The molecule has 0 radical (unpaired) electrons. The van der Waals surface area contributed by atoms with E-state index in [2.05, 4.69) is 36.0 Å². The van der Waals surface area contributed by atoms with Crippen molar-refractivity contribution >= 4 is 51.0 Å². The number of aryl methyl sites for hydroxylation is 2. The Morgan fingerprint density at radius 3 is 2.74 bits per heavy atom. The van der Waals surface area contributed by atoms with E-state index in [4.69, 9.17) is 0 Å². The van der Waals surface area contributed by atoms with E-state index in [0.29, 0.717) is 31.5 Å². The number of imidazole rings is 1. The highest BCUT2D eigenvalue weighted by Crippen LogP contribution is 2.25. The van der Waals surface area contributed by atoms with E-state index < -0.39 is 10.0 Å². The van der Waals surface area contributed by atoms with Crippen molar-refractivity contribution in [3.05, 3.63) is 30.1 Å². The molecule has 1 aliphatic rings. The number of aliphatic imine (C=N–C) groups is 1. The predicted octanol–water partition coefficient (Wildman–Crippen LogP) is 2.63. The third-order valence-electron chi connectivity index (χ3n) is 5.48. The third kappa shape index (κ3) is 7.90. The SMILES string of the molecule is CCNC(=NCCCn1c(C)nc2ccccc21)NCCS(=O)(=O)NCC1CCC1.I. The van der Waals surface area contributed by atoms with Crippen LogP contribution in [0, 0.1) is 12.8 Å². The normalized spacial score (nSPS) is 14.8. The molecule has 0 amide bonds. The Balaban J connectivity index is 0.00000341. The highest BCUT2D eigenvalue weighted by Gasteiger charge is 2.20. The molecule has 0 bridgehead atoms. The zero-order valence-electron chi connectivity index (χ0n) is 18.4. The number of aromatic nitrogens is 2. The monoisotopic (exact) mass is 562 g/mol. The van der Waals surface area contributed by atoms with Crippen LogP contribution in [0.25, 0.3) is 11.0 Å². The summed E-state index contributed by atoms with van der Waals surface area (Å²) >= 11 is 0. The number of guanidine groups is 1. The summed E-state index contributed by atoms with van der Waals surface area (Å²) in [6.07, 6.45) is 4.35. The molecule has 1 fully saturated rings. The Bertz CT molecular complexity index is 956. The van der Waals surface area contributed by atoms with Gasteiger partial charge in [-0.1, -0.05) is 18.6 Å². The topological polar surface area (TPSA) is 100 Å². The molecule has 3 N–H and O–H groups in total. The lowest BCUT2D eigenvalue weighted by Crippen LogP contribution is -2.42. The minimum atomic E-state index is -3.25. The van der Waals surface area contributed by atoms with Crippen molar-refractivity contribution in [1.82, 2.24) is 24.9 Å². The van der Waals surface area contributed by atoms with Crippen LogP contribution in [0.1, 0.15) is 38.4 Å². The molecule has 1 aliphatic carbocycles. The quantitative estimate of drug-likeness (QED) is 0.169. The molecular formula is C21H35IN6O2S. The van der Waals surface area contributed by atoms with Gasteiger partial charge in [0.2, 0.25) is 10.0 Å². The van der Waals surface area contributed by atoms with Crippen LogP contribution in [0.5, 0.6) is 0 Å². The number of halogens is 1. The van der Waals surface area contributed by atoms with Crippen LogP contribution in [0.3, 0.4) is 0 Å². The van der Waals surface area contributed by atoms with E-state index >= 15 is 0 Å². The van der Waals surface area contributed by atoms with Gasteiger partial charge in [0.05, 0.1) is 16.8 Å². The van der Waals surface area contributed by atoms with E-state index in [1.807, 2.05) is 32.0 Å². The molecule has 0 saturated heterocycles. The Morgan fingerprint density at radius 1 is 1.26 bits per heavy atom. The Morgan fingerprint density at radius 2 is 2.03 bits per heavy atom. The smallest absolute Gasteiger partial charge is 0.213 e. The molecule has 1 saturated carbocycles. The first-order valence-corrected chi connectivity index (χ1v) is 12.5. The number of nitrogens with zero attached hydrogens (tertiary/aromatic N) is 3. The van der Waals surface area contributed by atoms with E-state index in [1.165, 1.54) is 6.42 Å². The number of hydrogen-bond acceptors (Lipinski definition) is 4. The lowest BCUT2D eigenvalue weighted by Gasteiger charge is -2.25. The van der Waals surface area contributed by atoms with Crippen LogP contribution >= 0.6 is 24.0 Å². The maximum absolute atomic E-state index is 12.1. The summed E-state index contributed by atoms with van der Waals surface area (Å²) in [7, 11) is -3.25. The molecule has 2 aromatic rings. The van der Waals surface area contributed by atoms with Crippen molar-refractivity contribution in [1.29, 1.82) is 0 Å². The van der Waals surface area contributed by atoms with E-state index in [-0.39, 0.29) is 29.7 Å². The second-order valence-electron chi connectivity index (χ2n) is 7.80. The number of para-hydroxylation sites is 2. The minimum Gasteiger partial charge on any atom is -0.357 e. The fraction of sp³-hybridized carbons (Fsp3) is 0.619. The number of benzene rings is 1. The summed E-state index contributed by atoms with van der Waals surface area (Å²) in [6.45, 7) is 7.13. The van der Waals surface area contributed by atoms with Gasteiger partial charge in [-0.15, -0.1) is 24.0 Å². The highest BCUT2D eigenvalue weighted by atomic mass is 127. The molecule has 3 rings (SSSR count). The summed E-state index contributed by atoms with van der Waals surface area (Å²) in [6, 6.07) is 8.14. The molecular weight excluding hydrogens is 527 g/mol. The van der Waals surface area contributed by atoms with Crippen LogP contribution in [-0.4, -0.2) is 55.9 Å². The lowest BCUT2D eigenvalue weighted by molar-refractivity contribution is 0.316. The van der Waals surface area contributed by atoms with Crippen molar-refractivity contribution < 1.29 is 8.42 Å². The van der Waals surface area contributed by atoms with Gasteiger partial charge in [0, 0.05) is 32.7 Å². The molecule has 174 valence electrons. The van der Waals surface area contributed by atoms with Gasteiger partial charge in [-0.3, -0.25) is 4.99 Å². The van der Waals surface area contributed by atoms with E-state index in [9.17, 15) is 8.42 Å². The van der Waals surface area contributed by atoms with Crippen molar-refractivity contribution in [2.24, 2.45) is 10.9 Å². The zero-order chi connectivity index (χ0) is 21.4. The van der Waals surface area contributed by atoms with Gasteiger partial charge < -0.3 is 15.2 Å². The maximum atomic E-state index is 12.1. The van der Waals surface area contributed by atoms with Gasteiger partial charge in [0.1, 0.15) is 5.82 Å². The first-order chi connectivity index (χ1) is 14.5. The lowest BCUT2D eigenvalue weighted by atomic mass is 9.86. The highest BCUT2D eigenvalue weighted by molar-refractivity contribution is 14.0. The molecule has 1 aromatic carbocycles. The molecule has 1 aromatic heterocycles. The van der Waals surface area contributed by atoms with Crippen LogP contribution in [0.2, 0.25) is 0 Å². The Hall–Kier alpha value is -1.40. The summed E-state index contributed by atoms with van der Waals surface area (Å²) in [5.41, 5.74) is 2.16. The van der Waals surface area contributed by atoms with Gasteiger partial charge in [0.25, 0.3) is 0 Å². The summed E-state index contributed by atoms with van der Waals surface area (Å²) in [5.74, 6) is 2.22. The van der Waals surface area contributed by atoms with Gasteiger partial charge >= 0.3 is 0 Å².